The topological polar surface area (TPSA) is 34.1 Å². The van der Waals surface area contributed by atoms with Gasteiger partial charge in [0.25, 0.3) is 0 Å². The van der Waals surface area contributed by atoms with Crippen LogP contribution in [0.4, 0.5) is 0 Å². The van der Waals surface area contributed by atoms with Crippen LogP contribution in [0.25, 0.3) is 0 Å². The molecule has 0 spiro atoms. The highest BCUT2D eigenvalue weighted by molar-refractivity contribution is 5.46. The second-order valence-electron chi connectivity index (χ2n) is 5.42. The van der Waals surface area contributed by atoms with E-state index in [4.69, 9.17) is 4.74 Å². The van der Waals surface area contributed by atoms with Gasteiger partial charge in [-0.1, -0.05) is 19.1 Å². The van der Waals surface area contributed by atoms with Gasteiger partial charge in [0.15, 0.2) is 0 Å². The summed E-state index contributed by atoms with van der Waals surface area (Å²) in [5, 5.41) is 3.36. The van der Waals surface area contributed by atoms with Gasteiger partial charge >= 0.3 is 0 Å². The molecular formula is C18H24N2O. The van der Waals surface area contributed by atoms with Crippen LogP contribution in [0.5, 0.6) is 11.5 Å². The van der Waals surface area contributed by atoms with Gasteiger partial charge in [-0.15, -0.1) is 0 Å². The summed E-state index contributed by atoms with van der Waals surface area (Å²) in [5.41, 5.74) is 4.59. The van der Waals surface area contributed by atoms with E-state index >= 15 is 0 Å². The second kappa shape index (κ2) is 7.23. The maximum atomic E-state index is 6.10. The van der Waals surface area contributed by atoms with Crippen LogP contribution in [0.15, 0.2) is 30.5 Å². The molecule has 21 heavy (non-hydrogen) atoms. The van der Waals surface area contributed by atoms with Gasteiger partial charge < -0.3 is 10.1 Å². The van der Waals surface area contributed by atoms with Gasteiger partial charge in [0.1, 0.15) is 11.5 Å². The maximum Gasteiger partial charge on any atom is 0.133 e. The minimum Gasteiger partial charge on any atom is -0.457 e. The molecule has 1 aromatic heterocycles. The quantitative estimate of drug-likeness (QED) is 0.803. The minimum absolute atomic E-state index is 0.775. The summed E-state index contributed by atoms with van der Waals surface area (Å²) in [6.07, 6.45) is 2.93. The molecule has 0 aliphatic rings. The molecule has 0 radical (unpaired) electrons. The molecule has 0 saturated carbocycles. The first-order valence-electron chi connectivity index (χ1n) is 7.52. The van der Waals surface area contributed by atoms with Gasteiger partial charge in [-0.3, -0.25) is 4.98 Å². The number of rotatable bonds is 6. The molecule has 0 fully saturated rings. The highest BCUT2D eigenvalue weighted by atomic mass is 16.5. The van der Waals surface area contributed by atoms with Crippen molar-refractivity contribution in [3.63, 3.8) is 0 Å². The fourth-order valence-corrected chi connectivity index (χ4v) is 2.21. The third kappa shape index (κ3) is 4.05. The SMILES string of the molecule is CCCNCc1cc(Oc2c(C)ccc(C)c2C)ccn1. The van der Waals surface area contributed by atoms with Crippen molar-refractivity contribution in [1.29, 1.82) is 0 Å². The van der Waals surface area contributed by atoms with Crippen molar-refractivity contribution in [1.82, 2.24) is 10.3 Å². The molecule has 3 heteroatoms. The van der Waals surface area contributed by atoms with E-state index in [0.29, 0.717) is 0 Å². The lowest BCUT2D eigenvalue weighted by atomic mass is 10.1. The zero-order valence-corrected chi connectivity index (χ0v) is 13.4. The summed E-state index contributed by atoms with van der Waals surface area (Å²) >= 11 is 0. The molecule has 0 atom stereocenters. The molecule has 1 N–H and O–H groups in total. The maximum absolute atomic E-state index is 6.10. The Morgan fingerprint density at radius 3 is 2.62 bits per heavy atom. The van der Waals surface area contributed by atoms with Crippen molar-refractivity contribution in [3.8, 4) is 11.5 Å². The van der Waals surface area contributed by atoms with Crippen LogP contribution < -0.4 is 10.1 Å². The number of benzene rings is 1. The summed E-state index contributed by atoms with van der Waals surface area (Å²) in [6, 6.07) is 8.14. The van der Waals surface area contributed by atoms with Gasteiger partial charge in [0.05, 0.1) is 5.69 Å². The highest BCUT2D eigenvalue weighted by Gasteiger charge is 2.08. The largest absolute Gasteiger partial charge is 0.457 e. The van der Waals surface area contributed by atoms with Crippen molar-refractivity contribution in [2.24, 2.45) is 0 Å². The zero-order chi connectivity index (χ0) is 15.2. The molecule has 0 unspecified atom stereocenters. The standard InChI is InChI=1S/C18H24N2O/c1-5-9-19-12-16-11-17(8-10-20-16)21-18-14(3)7-6-13(2)15(18)4/h6-8,10-11,19H,5,9,12H2,1-4H3. The molecule has 3 nitrogen and oxygen atoms in total. The van der Waals surface area contributed by atoms with Crippen LogP contribution in [0.2, 0.25) is 0 Å². The molecule has 1 heterocycles. The van der Waals surface area contributed by atoms with E-state index in [1.54, 1.807) is 6.20 Å². The van der Waals surface area contributed by atoms with Crippen LogP contribution in [-0.2, 0) is 6.54 Å². The zero-order valence-electron chi connectivity index (χ0n) is 13.4. The molecule has 112 valence electrons. The Kier molecular flexibility index (Phi) is 5.34. The summed E-state index contributed by atoms with van der Waals surface area (Å²) in [7, 11) is 0. The number of nitrogens with one attached hydrogen (secondary N) is 1. The number of pyridine rings is 1. The van der Waals surface area contributed by atoms with Crippen LogP contribution in [0.3, 0.4) is 0 Å². The Morgan fingerprint density at radius 1 is 1.10 bits per heavy atom. The summed E-state index contributed by atoms with van der Waals surface area (Å²) in [4.78, 5) is 4.37. The van der Waals surface area contributed by atoms with E-state index in [2.05, 4.69) is 50.1 Å². The van der Waals surface area contributed by atoms with Crippen molar-refractivity contribution >= 4 is 0 Å². The number of nitrogens with zero attached hydrogens (tertiary/aromatic N) is 1. The lowest BCUT2D eigenvalue weighted by Crippen LogP contribution is -2.14. The van der Waals surface area contributed by atoms with Crippen LogP contribution in [0, 0.1) is 20.8 Å². The van der Waals surface area contributed by atoms with Crippen LogP contribution in [0.1, 0.15) is 35.7 Å². The number of hydrogen-bond donors (Lipinski definition) is 1. The molecule has 2 rings (SSSR count). The molecule has 0 saturated heterocycles. The lowest BCUT2D eigenvalue weighted by molar-refractivity contribution is 0.472. The van der Waals surface area contributed by atoms with Gasteiger partial charge in [-0.05, 0) is 56.5 Å². The number of aromatic nitrogens is 1. The highest BCUT2D eigenvalue weighted by Crippen LogP contribution is 2.30. The average molecular weight is 284 g/mol. The Balaban J connectivity index is 2.17. The molecule has 0 amide bonds. The van der Waals surface area contributed by atoms with Crippen molar-refractivity contribution in [3.05, 3.63) is 52.8 Å². The van der Waals surface area contributed by atoms with Crippen molar-refractivity contribution < 1.29 is 4.74 Å². The van der Waals surface area contributed by atoms with Crippen LogP contribution >= 0.6 is 0 Å². The molecule has 1 aromatic carbocycles. The van der Waals surface area contributed by atoms with E-state index in [1.807, 2.05) is 12.1 Å². The third-order valence-electron chi connectivity index (χ3n) is 3.61. The molecule has 0 aliphatic heterocycles. The Hall–Kier alpha value is -1.87. The average Bonchev–Trinajstić information content (AvgIpc) is 2.48. The molecule has 0 aliphatic carbocycles. The lowest BCUT2D eigenvalue weighted by Gasteiger charge is -2.14. The smallest absolute Gasteiger partial charge is 0.133 e. The Morgan fingerprint density at radius 2 is 1.86 bits per heavy atom. The van der Waals surface area contributed by atoms with E-state index in [1.165, 1.54) is 11.1 Å². The second-order valence-corrected chi connectivity index (χ2v) is 5.42. The molecular weight excluding hydrogens is 260 g/mol. The first kappa shape index (κ1) is 15.5. The summed E-state index contributed by atoms with van der Waals surface area (Å²) in [6.45, 7) is 10.2. The predicted octanol–water partition coefficient (Wildman–Crippen LogP) is 4.30. The van der Waals surface area contributed by atoms with E-state index in [0.717, 1.165) is 42.3 Å². The van der Waals surface area contributed by atoms with Crippen molar-refractivity contribution in [2.75, 3.05) is 6.54 Å². The fraction of sp³-hybridized carbons (Fsp3) is 0.389. The number of ether oxygens (including phenoxy) is 1. The first-order chi connectivity index (χ1) is 10.1. The Bertz CT molecular complexity index is 608. The van der Waals surface area contributed by atoms with E-state index < -0.39 is 0 Å². The summed E-state index contributed by atoms with van der Waals surface area (Å²) in [5.74, 6) is 1.80. The first-order valence-corrected chi connectivity index (χ1v) is 7.52. The normalized spacial score (nSPS) is 10.7. The predicted molar refractivity (Wildman–Crippen MR) is 87.0 cm³/mol. The van der Waals surface area contributed by atoms with E-state index in [-0.39, 0.29) is 0 Å². The van der Waals surface area contributed by atoms with Gasteiger partial charge in [0.2, 0.25) is 0 Å². The van der Waals surface area contributed by atoms with Gasteiger partial charge in [-0.2, -0.15) is 0 Å². The fourth-order valence-electron chi connectivity index (χ4n) is 2.21. The minimum atomic E-state index is 0.775. The monoisotopic (exact) mass is 284 g/mol. The van der Waals surface area contributed by atoms with E-state index in [9.17, 15) is 0 Å². The van der Waals surface area contributed by atoms with Crippen molar-refractivity contribution in [2.45, 2.75) is 40.7 Å². The number of hydrogen-bond acceptors (Lipinski definition) is 3. The molecule has 0 bridgehead atoms. The third-order valence-corrected chi connectivity index (χ3v) is 3.61. The number of aryl methyl sites for hydroxylation is 2. The van der Waals surface area contributed by atoms with Gasteiger partial charge in [0, 0.05) is 18.8 Å². The summed E-state index contributed by atoms with van der Waals surface area (Å²) < 4.78 is 6.10. The van der Waals surface area contributed by atoms with Crippen LogP contribution in [-0.4, -0.2) is 11.5 Å². The Labute approximate surface area is 127 Å². The van der Waals surface area contributed by atoms with Gasteiger partial charge in [-0.25, -0.2) is 0 Å². The molecule has 2 aromatic rings.